The third-order valence-electron chi connectivity index (χ3n) is 3.21. The molecule has 1 aliphatic carbocycles. The van der Waals surface area contributed by atoms with Crippen molar-refractivity contribution >= 4 is 17.7 Å². The van der Waals surface area contributed by atoms with E-state index in [9.17, 15) is 4.79 Å². The van der Waals surface area contributed by atoms with Crippen molar-refractivity contribution in [2.75, 3.05) is 5.75 Å². The van der Waals surface area contributed by atoms with Gasteiger partial charge in [0.15, 0.2) is 0 Å². The maximum Gasteiger partial charge on any atom is 0.217 e. The molecule has 0 bridgehead atoms. The second-order valence-electron chi connectivity index (χ2n) is 4.60. The Morgan fingerprint density at radius 3 is 2.93 bits per heavy atom. The maximum atomic E-state index is 10.9. The highest BCUT2D eigenvalue weighted by molar-refractivity contribution is 8.01. The molecule has 0 aromatic heterocycles. The van der Waals surface area contributed by atoms with Crippen molar-refractivity contribution in [1.82, 2.24) is 5.32 Å². The Hall–Kier alpha value is -0.220. The number of carbonyl (C=O) groups is 1. The minimum absolute atomic E-state index is 0.0966. The molecule has 3 unspecified atom stereocenters. The van der Waals surface area contributed by atoms with Gasteiger partial charge in [-0.15, -0.1) is 0 Å². The lowest BCUT2D eigenvalue weighted by Gasteiger charge is -2.22. The molecule has 3 nitrogen and oxygen atoms in total. The molecule has 3 atom stereocenters. The molecule has 1 spiro atoms. The predicted octanol–water partition coefficient (Wildman–Crippen LogP) is 0.878. The summed E-state index contributed by atoms with van der Waals surface area (Å²) in [4.78, 5) is 10.9. The summed E-state index contributed by atoms with van der Waals surface area (Å²) in [6.07, 6.45) is 4.59. The van der Waals surface area contributed by atoms with E-state index < -0.39 is 0 Å². The lowest BCUT2D eigenvalue weighted by molar-refractivity contribution is -0.119. The third-order valence-corrected chi connectivity index (χ3v) is 4.96. The van der Waals surface area contributed by atoms with Crippen LogP contribution >= 0.6 is 11.8 Å². The first-order chi connectivity index (χ1) is 6.60. The highest BCUT2D eigenvalue weighted by Crippen LogP contribution is 2.49. The van der Waals surface area contributed by atoms with Crippen LogP contribution < -0.4 is 11.1 Å². The Morgan fingerprint density at radius 2 is 2.36 bits per heavy atom. The fourth-order valence-corrected chi connectivity index (χ4v) is 4.30. The largest absolute Gasteiger partial charge is 0.354 e. The summed E-state index contributed by atoms with van der Waals surface area (Å²) in [5.74, 6) is 1.19. The smallest absolute Gasteiger partial charge is 0.217 e. The van der Waals surface area contributed by atoms with Gasteiger partial charge in [-0.1, -0.05) is 0 Å². The maximum absolute atomic E-state index is 10.9. The molecule has 1 amide bonds. The number of nitrogens with one attached hydrogen (secondary N) is 1. The highest BCUT2D eigenvalue weighted by Gasteiger charge is 2.44. The topological polar surface area (TPSA) is 55.1 Å². The molecule has 0 aromatic carbocycles. The van der Waals surface area contributed by atoms with Crippen LogP contribution in [-0.2, 0) is 4.79 Å². The van der Waals surface area contributed by atoms with Gasteiger partial charge in [-0.05, 0) is 25.7 Å². The second-order valence-corrected chi connectivity index (χ2v) is 6.09. The number of carbonyl (C=O) groups excluding carboxylic acids is 1. The Kier molecular flexibility index (Phi) is 2.75. The number of hydrogen-bond acceptors (Lipinski definition) is 3. The van der Waals surface area contributed by atoms with Crippen LogP contribution in [0.2, 0.25) is 0 Å². The fraction of sp³-hybridized carbons (Fsp3) is 0.900. The minimum atomic E-state index is 0.0966. The van der Waals surface area contributed by atoms with Crippen molar-refractivity contribution in [3.05, 3.63) is 0 Å². The summed E-state index contributed by atoms with van der Waals surface area (Å²) < 4.78 is 0.395. The zero-order valence-electron chi connectivity index (χ0n) is 8.58. The molecule has 2 aliphatic rings. The second kappa shape index (κ2) is 3.74. The van der Waals surface area contributed by atoms with Gasteiger partial charge in [0.25, 0.3) is 0 Å². The van der Waals surface area contributed by atoms with Crippen molar-refractivity contribution in [3.8, 4) is 0 Å². The van der Waals surface area contributed by atoms with Gasteiger partial charge in [-0.2, -0.15) is 11.8 Å². The zero-order chi connectivity index (χ0) is 10.2. The van der Waals surface area contributed by atoms with E-state index in [0.717, 1.165) is 25.0 Å². The number of amides is 1. The van der Waals surface area contributed by atoms with Crippen LogP contribution in [0.4, 0.5) is 0 Å². The average molecular weight is 214 g/mol. The van der Waals surface area contributed by atoms with E-state index in [4.69, 9.17) is 5.73 Å². The van der Waals surface area contributed by atoms with E-state index in [-0.39, 0.29) is 5.91 Å². The molecule has 0 radical (unpaired) electrons. The third kappa shape index (κ3) is 2.06. The van der Waals surface area contributed by atoms with Crippen LogP contribution in [0.15, 0.2) is 0 Å². The molecule has 14 heavy (non-hydrogen) atoms. The molecule has 4 heteroatoms. The van der Waals surface area contributed by atoms with Crippen molar-refractivity contribution in [3.63, 3.8) is 0 Å². The van der Waals surface area contributed by atoms with Gasteiger partial charge < -0.3 is 11.1 Å². The van der Waals surface area contributed by atoms with Gasteiger partial charge >= 0.3 is 0 Å². The Balaban J connectivity index is 1.91. The number of rotatable bonds is 1. The van der Waals surface area contributed by atoms with Gasteiger partial charge in [0.1, 0.15) is 0 Å². The lowest BCUT2D eigenvalue weighted by atomic mass is 9.99. The summed E-state index contributed by atoms with van der Waals surface area (Å²) in [5.41, 5.74) is 5.93. The van der Waals surface area contributed by atoms with Gasteiger partial charge in [-0.25, -0.2) is 0 Å². The summed E-state index contributed by atoms with van der Waals surface area (Å²) in [7, 11) is 0. The van der Waals surface area contributed by atoms with Crippen molar-refractivity contribution in [2.45, 2.75) is 49.4 Å². The lowest BCUT2D eigenvalue weighted by Crippen LogP contribution is -2.33. The average Bonchev–Trinajstić information content (AvgIpc) is 2.60. The van der Waals surface area contributed by atoms with Crippen LogP contribution in [0.25, 0.3) is 0 Å². The van der Waals surface area contributed by atoms with Crippen molar-refractivity contribution in [1.29, 1.82) is 0 Å². The first kappa shape index (κ1) is 10.3. The molecular weight excluding hydrogens is 196 g/mol. The van der Waals surface area contributed by atoms with Crippen LogP contribution in [0.3, 0.4) is 0 Å². The first-order valence-corrected chi connectivity index (χ1v) is 6.25. The van der Waals surface area contributed by atoms with E-state index in [1.807, 2.05) is 11.8 Å². The van der Waals surface area contributed by atoms with Gasteiger partial charge in [0.05, 0.1) is 0 Å². The zero-order valence-corrected chi connectivity index (χ0v) is 9.40. The van der Waals surface area contributed by atoms with E-state index >= 15 is 0 Å². The molecule has 1 saturated heterocycles. The molecule has 1 saturated carbocycles. The van der Waals surface area contributed by atoms with E-state index in [2.05, 4.69) is 5.32 Å². The molecule has 2 fully saturated rings. The monoisotopic (exact) mass is 214 g/mol. The summed E-state index contributed by atoms with van der Waals surface area (Å²) in [5, 5.41) is 3.01. The molecule has 1 aliphatic heterocycles. The molecule has 80 valence electrons. The predicted molar refractivity (Wildman–Crippen MR) is 59.2 cm³/mol. The van der Waals surface area contributed by atoms with Crippen molar-refractivity contribution in [2.24, 2.45) is 5.73 Å². The minimum Gasteiger partial charge on any atom is -0.354 e. The van der Waals surface area contributed by atoms with Crippen LogP contribution in [-0.4, -0.2) is 28.5 Å². The summed E-state index contributed by atoms with van der Waals surface area (Å²) >= 11 is 2.01. The van der Waals surface area contributed by atoms with E-state index in [0.29, 0.717) is 16.8 Å². The Labute approximate surface area is 89.2 Å². The fourth-order valence-electron chi connectivity index (χ4n) is 2.70. The molecule has 3 N–H and O–H groups in total. The highest BCUT2D eigenvalue weighted by atomic mass is 32.2. The number of nitrogens with two attached hydrogens (primary N) is 1. The SMILES string of the molecule is CC(=O)NC1CCC2(CC(N)CS2)C1. The Bertz CT molecular complexity index is 246. The molecule has 2 rings (SSSR count). The van der Waals surface area contributed by atoms with Crippen LogP contribution in [0, 0.1) is 0 Å². The quantitative estimate of drug-likeness (QED) is 0.681. The van der Waals surface area contributed by atoms with E-state index in [1.54, 1.807) is 6.92 Å². The van der Waals surface area contributed by atoms with E-state index in [1.165, 1.54) is 6.42 Å². The standard InChI is InChI=1S/C10H18N2OS/c1-7(13)12-9-2-3-10(5-9)4-8(11)6-14-10/h8-9H,2-6,11H2,1H3,(H,12,13). The van der Waals surface area contributed by atoms with Crippen LogP contribution in [0.5, 0.6) is 0 Å². The normalized spacial score (nSPS) is 41.9. The van der Waals surface area contributed by atoms with Gasteiger partial charge in [0, 0.05) is 29.5 Å². The Morgan fingerprint density at radius 1 is 1.57 bits per heavy atom. The molecular formula is C10H18N2OS. The first-order valence-electron chi connectivity index (χ1n) is 5.26. The molecule has 0 aromatic rings. The van der Waals surface area contributed by atoms with Crippen molar-refractivity contribution < 1.29 is 4.79 Å². The van der Waals surface area contributed by atoms with Gasteiger partial charge in [-0.3, -0.25) is 4.79 Å². The van der Waals surface area contributed by atoms with Gasteiger partial charge in [0.2, 0.25) is 5.91 Å². The van der Waals surface area contributed by atoms with Crippen LogP contribution in [0.1, 0.15) is 32.6 Å². The number of hydrogen-bond donors (Lipinski definition) is 2. The number of thioether (sulfide) groups is 1. The summed E-state index contributed by atoms with van der Waals surface area (Å²) in [6.45, 7) is 1.60. The molecule has 1 heterocycles. The summed E-state index contributed by atoms with van der Waals surface area (Å²) in [6, 6.07) is 0.765.